The average Bonchev–Trinajstić information content (AvgIpc) is 2.56. The van der Waals surface area contributed by atoms with Gasteiger partial charge in [-0.05, 0) is 38.5 Å². The zero-order valence-electron chi connectivity index (χ0n) is 14.3. The smallest absolute Gasteiger partial charge is 0.197 e. The van der Waals surface area contributed by atoms with Crippen LogP contribution in [0.25, 0.3) is 22.3 Å². The molecule has 0 fully saturated rings. The highest BCUT2D eigenvalue weighted by molar-refractivity contribution is 5.88. The van der Waals surface area contributed by atoms with Gasteiger partial charge in [-0.25, -0.2) is 0 Å². The molecule has 0 atom stereocenters. The summed E-state index contributed by atoms with van der Waals surface area (Å²) in [6.07, 6.45) is 2.11. The summed E-state index contributed by atoms with van der Waals surface area (Å²) in [5.41, 5.74) is 1.17. The van der Waals surface area contributed by atoms with E-state index in [1.165, 1.54) is 30.3 Å². The number of fused-ring (bicyclic) bond motifs is 1. The van der Waals surface area contributed by atoms with Crippen molar-refractivity contribution in [2.75, 3.05) is 0 Å². The predicted octanol–water partition coefficient (Wildman–Crippen LogP) is 3.79. The fourth-order valence-corrected chi connectivity index (χ4v) is 2.66. The molecule has 0 saturated carbocycles. The summed E-state index contributed by atoms with van der Waals surface area (Å²) < 4.78 is 5.64. The first-order valence-corrected chi connectivity index (χ1v) is 7.95. The van der Waals surface area contributed by atoms with Gasteiger partial charge in [-0.3, -0.25) is 4.79 Å². The lowest BCUT2D eigenvalue weighted by Gasteiger charge is -2.10. The third-order valence-corrected chi connectivity index (χ3v) is 4.05. The average molecular weight is 354 g/mol. The molecular weight excluding hydrogens is 336 g/mol. The van der Waals surface area contributed by atoms with Crippen LogP contribution in [0.15, 0.2) is 51.2 Å². The van der Waals surface area contributed by atoms with Crippen LogP contribution >= 0.6 is 0 Å². The summed E-state index contributed by atoms with van der Waals surface area (Å²) in [5, 5.41) is 39.6. The van der Waals surface area contributed by atoms with E-state index < -0.39 is 5.43 Å². The molecule has 2 aromatic carbocycles. The standard InChI is InChI=1S/C20H18O6/c1-10(2)3-5-12-14(22)8-18-19(20(12)25)16(24)9-17(26-18)11-4-6-13(21)15(23)7-11/h3-4,6-9,21-23,25H,5H2,1-2H3. The van der Waals surface area contributed by atoms with Crippen molar-refractivity contribution in [1.82, 2.24) is 0 Å². The third kappa shape index (κ3) is 3.09. The van der Waals surface area contributed by atoms with Crippen molar-refractivity contribution in [3.05, 3.63) is 57.8 Å². The molecule has 0 unspecified atom stereocenters. The summed E-state index contributed by atoms with van der Waals surface area (Å²) in [6.45, 7) is 3.78. The fraction of sp³-hybridized carbons (Fsp3) is 0.150. The molecule has 0 aliphatic heterocycles. The van der Waals surface area contributed by atoms with Crippen molar-refractivity contribution in [2.24, 2.45) is 0 Å². The summed E-state index contributed by atoms with van der Waals surface area (Å²) in [5.74, 6) is -1.01. The number of rotatable bonds is 3. The maximum Gasteiger partial charge on any atom is 0.197 e. The van der Waals surface area contributed by atoms with Gasteiger partial charge in [0, 0.05) is 23.3 Å². The second-order valence-electron chi connectivity index (χ2n) is 6.26. The number of aromatic hydroxyl groups is 4. The molecule has 1 aromatic heterocycles. The second kappa shape index (κ2) is 6.48. The molecule has 6 heteroatoms. The van der Waals surface area contributed by atoms with E-state index in [4.69, 9.17) is 4.42 Å². The zero-order valence-corrected chi connectivity index (χ0v) is 14.3. The minimum Gasteiger partial charge on any atom is -0.507 e. The molecule has 3 rings (SSSR count). The highest BCUT2D eigenvalue weighted by Crippen LogP contribution is 2.37. The van der Waals surface area contributed by atoms with Gasteiger partial charge in [0.05, 0.1) is 0 Å². The molecule has 0 radical (unpaired) electrons. The molecule has 0 amide bonds. The van der Waals surface area contributed by atoms with E-state index in [0.29, 0.717) is 5.56 Å². The molecular formula is C20H18O6. The molecule has 1 heterocycles. The van der Waals surface area contributed by atoms with Crippen LogP contribution < -0.4 is 5.43 Å². The van der Waals surface area contributed by atoms with Crippen molar-refractivity contribution < 1.29 is 24.8 Å². The van der Waals surface area contributed by atoms with Gasteiger partial charge in [0.25, 0.3) is 0 Å². The molecule has 6 nitrogen and oxygen atoms in total. The quantitative estimate of drug-likeness (QED) is 0.421. The molecule has 0 saturated heterocycles. The van der Waals surface area contributed by atoms with Crippen LogP contribution in [0.2, 0.25) is 0 Å². The van der Waals surface area contributed by atoms with E-state index in [9.17, 15) is 25.2 Å². The Labute approximate surface area is 148 Å². The Morgan fingerprint density at radius 1 is 1.00 bits per heavy atom. The number of allylic oxidation sites excluding steroid dienone is 2. The Morgan fingerprint density at radius 2 is 1.73 bits per heavy atom. The molecule has 0 aliphatic carbocycles. The van der Waals surface area contributed by atoms with Crippen molar-refractivity contribution >= 4 is 11.0 Å². The van der Waals surface area contributed by atoms with E-state index in [2.05, 4.69) is 0 Å². The molecule has 0 bridgehead atoms. The molecule has 134 valence electrons. The first kappa shape index (κ1) is 17.4. The van der Waals surface area contributed by atoms with Gasteiger partial charge in [0.1, 0.15) is 28.2 Å². The fourth-order valence-electron chi connectivity index (χ4n) is 2.66. The normalized spacial score (nSPS) is 10.8. The van der Waals surface area contributed by atoms with E-state index in [-0.39, 0.29) is 51.7 Å². The Balaban J connectivity index is 2.21. The van der Waals surface area contributed by atoms with Crippen molar-refractivity contribution in [3.63, 3.8) is 0 Å². The molecule has 26 heavy (non-hydrogen) atoms. The van der Waals surface area contributed by atoms with Crippen LogP contribution in [0.1, 0.15) is 19.4 Å². The van der Waals surface area contributed by atoms with Crippen LogP contribution in [0.4, 0.5) is 0 Å². The largest absolute Gasteiger partial charge is 0.507 e. The van der Waals surface area contributed by atoms with Gasteiger partial charge >= 0.3 is 0 Å². The predicted molar refractivity (Wildman–Crippen MR) is 97.7 cm³/mol. The van der Waals surface area contributed by atoms with Gasteiger partial charge in [0.2, 0.25) is 0 Å². The second-order valence-corrected chi connectivity index (χ2v) is 6.26. The van der Waals surface area contributed by atoms with E-state index in [0.717, 1.165) is 5.57 Å². The molecule has 0 spiro atoms. The van der Waals surface area contributed by atoms with Crippen LogP contribution in [0, 0.1) is 0 Å². The van der Waals surface area contributed by atoms with Crippen LogP contribution in [0.3, 0.4) is 0 Å². The maximum atomic E-state index is 12.5. The van der Waals surface area contributed by atoms with Crippen molar-refractivity contribution in [3.8, 4) is 34.3 Å². The highest BCUT2D eigenvalue weighted by atomic mass is 16.3. The minimum atomic E-state index is -0.482. The van der Waals surface area contributed by atoms with Crippen LogP contribution in [-0.2, 0) is 6.42 Å². The van der Waals surface area contributed by atoms with E-state index in [1.807, 2.05) is 19.9 Å². The van der Waals surface area contributed by atoms with Gasteiger partial charge in [-0.2, -0.15) is 0 Å². The molecule has 4 N–H and O–H groups in total. The topological polar surface area (TPSA) is 111 Å². The number of phenolic OH excluding ortho intramolecular Hbond substituents is 4. The summed E-state index contributed by atoms with van der Waals surface area (Å²) >= 11 is 0. The molecule has 3 aromatic rings. The number of hydrogen-bond acceptors (Lipinski definition) is 6. The van der Waals surface area contributed by atoms with E-state index in [1.54, 1.807) is 0 Å². The number of phenols is 4. The summed E-state index contributed by atoms with van der Waals surface area (Å²) in [7, 11) is 0. The Kier molecular flexibility index (Phi) is 4.34. The zero-order chi connectivity index (χ0) is 19.0. The van der Waals surface area contributed by atoms with Gasteiger partial charge in [-0.15, -0.1) is 0 Å². The van der Waals surface area contributed by atoms with Crippen LogP contribution in [-0.4, -0.2) is 20.4 Å². The monoisotopic (exact) mass is 354 g/mol. The van der Waals surface area contributed by atoms with Crippen molar-refractivity contribution in [1.29, 1.82) is 0 Å². The van der Waals surface area contributed by atoms with Crippen molar-refractivity contribution in [2.45, 2.75) is 20.3 Å². The summed E-state index contributed by atoms with van der Waals surface area (Å²) in [4.78, 5) is 12.5. The number of benzene rings is 2. The lowest BCUT2D eigenvalue weighted by Crippen LogP contribution is -2.02. The molecule has 0 aliphatic rings. The number of hydrogen-bond donors (Lipinski definition) is 4. The SMILES string of the molecule is CC(C)=CCc1c(O)cc2oc(-c3ccc(O)c(O)c3)cc(=O)c2c1O. The lowest BCUT2D eigenvalue weighted by atomic mass is 10.0. The highest BCUT2D eigenvalue weighted by Gasteiger charge is 2.17. The Bertz CT molecular complexity index is 1090. The lowest BCUT2D eigenvalue weighted by molar-refractivity contribution is 0.404. The van der Waals surface area contributed by atoms with Gasteiger partial charge < -0.3 is 24.8 Å². The Morgan fingerprint density at radius 3 is 2.38 bits per heavy atom. The summed E-state index contributed by atoms with van der Waals surface area (Å²) in [6, 6.07) is 6.47. The maximum absolute atomic E-state index is 12.5. The minimum absolute atomic E-state index is 0.0216. The van der Waals surface area contributed by atoms with Gasteiger partial charge in [0.15, 0.2) is 16.9 Å². The third-order valence-electron chi connectivity index (χ3n) is 4.05. The first-order chi connectivity index (χ1) is 12.3. The van der Waals surface area contributed by atoms with E-state index >= 15 is 0 Å². The Hall–Kier alpha value is -3.41. The van der Waals surface area contributed by atoms with Crippen LogP contribution in [0.5, 0.6) is 23.0 Å². The first-order valence-electron chi connectivity index (χ1n) is 7.95. The van der Waals surface area contributed by atoms with Gasteiger partial charge in [-0.1, -0.05) is 11.6 Å².